The maximum absolute atomic E-state index is 11.4. The summed E-state index contributed by atoms with van der Waals surface area (Å²) >= 11 is 0. The first-order valence-corrected chi connectivity index (χ1v) is 12.1. The van der Waals surface area contributed by atoms with Crippen LogP contribution in [0, 0.1) is 46.3 Å². The summed E-state index contributed by atoms with van der Waals surface area (Å²) in [6, 6.07) is 0.0941. The van der Waals surface area contributed by atoms with Crippen LogP contribution in [0.15, 0.2) is 5.11 Å². The van der Waals surface area contributed by atoms with Gasteiger partial charge in [-0.05, 0) is 110 Å². The van der Waals surface area contributed by atoms with Gasteiger partial charge >= 0.3 is 5.97 Å². The number of aliphatic hydroxyl groups is 1. The van der Waals surface area contributed by atoms with Crippen LogP contribution in [0.4, 0.5) is 0 Å². The SMILES string of the molecule is C[C@H](CCC(=O)O)[C@H]1CC[C@H]2[C@@H]3[C@H](O)C[C@@H]4C[C@H](N=[N+]=[N-])CC[C@]4(C)[C@H]3CC[C@]12C. The van der Waals surface area contributed by atoms with Crippen molar-refractivity contribution in [1.82, 2.24) is 0 Å². The molecule has 0 spiro atoms. The monoisotopic (exact) mass is 417 g/mol. The number of aliphatic carboxylic acids is 1. The topological polar surface area (TPSA) is 106 Å². The number of hydrogen-bond donors (Lipinski definition) is 2. The van der Waals surface area contributed by atoms with Crippen molar-refractivity contribution in [1.29, 1.82) is 0 Å². The highest BCUT2D eigenvalue weighted by atomic mass is 16.4. The van der Waals surface area contributed by atoms with Gasteiger partial charge in [0.1, 0.15) is 0 Å². The Balaban J connectivity index is 1.54. The van der Waals surface area contributed by atoms with Gasteiger partial charge in [-0.15, -0.1) is 0 Å². The summed E-state index contributed by atoms with van der Waals surface area (Å²) in [7, 11) is 0. The highest BCUT2D eigenvalue weighted by Crippen LogP contribution is 2.68. The van der Waals surface area contributed by atoms with Crippen molar-refractivity contribution < 1.29 is 15.0 Å². The number of nitrogens with zero attached hydrogens (tertiary/aromatic N) is 3. The maximum atomic E-state index is 11.4. The number of rotatable bonds is 5. The van der Waals surface area contributed by atoms with Crippen LogP contribution in [-0.4, -0.2) is 28.3 Å². The number of carboxylic acids is 1. The molecule has 0 aromatic rings. The molecule has 0 aliphatic heterocycles. The first kappa shape index (κ1) is 22.0. The number of carboxylic acid groups (broad SMARTS) is 1. The third-order valence-corrected chi connectivity index (χ3v) is 10.4. The molecule has 0 saturated heterocycles. The number of hydrogen-bond acceptors (Lipinski definition) is 3. The predicted molar refractivity (Wildman–Crippen MR) is 116 cm³/mol. The average molecular weight is 418 g/mol. The normalized spacial score (nSPS) is 48.6. The van der Waals surface area contributed by atoms with E-state index < -0.39 is 5.97 Å². The Kier molecular flexibility index (Phi) is 5.87. The molecule has 4 fully saturated rings. The molecular weight excluding hydrogens is 378 g/mol. The summed E-state index contributed by atoms with van der Waals surface area (Å²) in [6.07, 6.45) is 9.37. The van der Waals surface area contributed by atoms with Crippen molar-refractivity contribution in [2.45, 2.75) is 97.1 Å². The minimum absolute atomic E-state index is 0.0941. The van der Waals surface area contributed by atoms with Crippen LogP contribution in [-0.2, 0) is 4.79 Å². The number of aliphatic hydroxyl groups excluding tert-OH is 1. The van der Waals surface area contributed by atoms with Gasteiger partial charge in [0, 0.05) is 17.4 Å². The molecule has 6 heteroatoms. The van der Waals surface area contributed by atoms with E-state index in [2.05, 4.69) is 30.8 Å². The second-order valence-corrected chi connectivity index (χ2v) is 11.6. The quantitative estimate of drug-likeness (QED) is 0.335. The van der Waals surface area contributed by atoms with Crippen LogP contribution in [0.1, 0.15) is 85.0 Å². The minimum atomic E-state index is -0.691. The van der Waals surface area contributed by atoms with Gasteiger partial charge in [0.2, 0.25) is 0 Å². The van der Waals surface area contributed by atoms with Gasteiger partial charge in [0.15, 0.2) is 0 Å². The lowest BCUT2D eigenvalue weighted by molar-refractivity contribution is -0.166. The zero-order valence-electron chi connectivity index (χ0n) is 18.8. The maximum Gasteiger partial charge on any atom is 0.303 e. The third kappa shape index (κ3) is 3.44. The van der Waals surface area contributed by atoms with Gasteiger partial charge in [-0.2, -0.15) is 0 Å². The Morgan fingerprint density at radius 3 is 2.53 bits per heavy atom. The lowest BCUT2D eigenvalue weighted by Gasteiger charge is -2.62. The summed E-state index contributed by atoms with van der Waals surface area (Å²) in [5, 5.41) is 24.5. The van der Waals surface area contributed by atoms with Crippen LogP contribution in [0.3, 0.4) is 0 Å². The van der Waals surface area contributed by atoms with Crippen LogP contribution in [0.25, 0.3) is 10.4 Å². The van der Waals surface area contributed by atoms with Crippen molar-refractivity contribution in [3.63, 3.8) is 0 Å². The molecule has 0 heterocycles. The number of carbonyl (C=O) groups is 1. The van der Waals surface area contributed by atoms with Crippen LogP contribution >= 0.6 is 0 Å². The van der Waals surface area contributed by atoms with E-state index in [9.17, 15) is 9.90 Å². The molecule has 4 saturated carbocycles. The largest absolute Gasteiger partial charge is 0.481 e. The third-order valence-electron chi connectivity index (χ3n) is 10.4. The van der Waals surface area contributed by atoms with Crippen LogP contribution in [0.2, 0.25) is 0 Å². The second-order valence-electron chi connectivity index (χ2n) is 11.6. The van der Waals surface area contributed by atoms with E-state index in [0.717, 1.165) is 32.1 Å². The van der Waals surface area contributed by atoms with E-state index in [0.29, 0.717) is 35.5 Å². The van der Waals surface area contributed by atoms with E-state index in [4.69, 9.17) is 10.6 Å². The lowest BCUT2D eigenvalue weighted by atomic mass is 9.43. The highest BCUT2D eigenvalue weighted by molar-refractivity contribution is 5.66. The Hall–Kier alpha value is -1.26. The Bertz CT molecular complexity index is 722. The van der Waals surface area contributed by atoms with E-state index in [1.54, 1.807) is 0 Å². The molecule has 10 atom stereocenters. The minimum Gasteiger partial charge on any atom is -0.481 e. The molecule has 168 valence electrons. The molecule has 0 radical (unpaired) electrons. The first-order valence-electron chi connectivity index (χ1n) is 12.1. The zero-order chi connectivity index (χ0) is 21.7. The number of azide groups is 1. The second kappa shape index (κ2) is 8.02. The molecule has 4 aliphatic carbocycles. The van der Waals surface area contributed by atoms with E-state index in [-0.39, 0.29) is 29.4 Å². The van der Waals surface area contributed by atoms with E-state index in [1.165, 1.54) is 25.7 Å². The molecule has 0 aromatic heterocycles. The van der Waals surface area contributed by atoms with Gasteiger partial charge in [0.25, 0.3) is 0 Å². The van der Waals surface area contributed by atoms with Gasteiger partial charge in [-0.1, -0.05) is 25.9 Å². The van der Waals surface area contributed by atoms with E-state index >= 15 is 0 Å². The summed E-state index contributed by atoms with van der Waals surface area (Å²) in [4.78, 5) is 14.1. The Morgan fingerprint density at radius 1 is 1.13 bits per heavy atom. The fourth-order valence-electron chi connectivity index (χ4n) is 8.91. The Morgan fingerprint density at radius 2 is 1.83 bits per heavy atom. The molecule has 4 aliphatic rings. The molecule has 0 bridgehead atoms. The van der Waals surface area contributed by atoms with Crippen molar-refractivity contribution in [2.24, 2.45) is 51.5 Å². The summed E-state index contributed by atoms with van der Waals surface area (Å²) in [5.74, 6) is 2.24. The standard InChI is InChI=1S/C24H39N3O3/c1-14(4-7-21(29)30)17-5-6-18-22-19(9-11-24(17,18)3)23(2)10-8-16(26-27-25)12-15(23)13-20(22)28/h14-20,22,28H,4-13H2,1-3H3,(H,29,30)/t14-,15+,16-,17-,18+,19+,20-,22+,23+,24-/m1/s1. The molecule has 0 aromatic carbocycles. The number of fused-ring (bicyclic) bond motifs is 5. The molecule has 4 rings (SSSR count). The van der Waals surface area contributed by atoms with Crippen molar-refractivity contribution >= 4 is 5.97 Å². The van der Waals surface area contributed by atoms with Gasteiger partial charge in [-0.25, -0.2) is 0 Å². The zero-order valence-corrected chi connectivity index (χ0v) is 18.8. The summed E-state index contributed by atoms with van der Waals surface area (Å²) in [5.41, 5.74) is 9.34. The Labute approximate surface area is 180 Å². The molecule has 30 heavy (non-hydrogen) atoms. The van der Waals surface area contributed by atoms with Crippen molar-refractivity contribution in [3.8, 4) is 0 Å². The fourth-order valence-corrected chi connectivity index (χ4v) is 8.91. The molecule has 0 unspecified atom stereocenters. The molecule has 0 amide bonds. The van der Waals surface area contributed by atoms with Crippen LogP contribution in [0.5, 0.6) is 0 Å². The van der Waals surface area contributed by atoms with Gasteiger partial charge in [0.05, 0.1) is 6.10 Å². The highest BCUT2D eigenvalue weighted by Gasteiger charge is 2.62. The first-order chi connectivity index (χ1) is 14.2. The predicted octanol–water partition coefficient (Wildman–Crippen LogP) is 5.80. The van der Waals surface area contributed by atoms with Crippen molar-refractivity contribution in [3.05, 3.63) is 10.4 Å². The molecule has 6 nitrogen and oxygen atoms in total. The van der Waals surface area contributed by atoms with E-state index in [1.807, 2.05) is 0 Å². The summed E-state index contributed by atoms with van der Waals surface area (Å²) in [6.45, 7) is 7.15. The van der Waals surface area contributed by atoms with Crippen molar-refractivity contribution in [2.75, 3.05) is 0 Å². The fraction of sp³-hybridized carbons (Fsp3) is 0.958. The lowest BCUT2D eigenvalue weighted by Crippen LogP contribution is -2.58. The smallest absolute Gasteiger partial charge is 0.303 e. The average Bonchev–Trinajstić information content (AvgIpc) is 3.04. The van der Waals surface area contributed by atoms with Crippen LogP contribution < -0.4 is 0 Å². The van der Waals surface area contributed by atoms with Gasteiger partial charge < -0.3 is 10.2 Å². The summed E-state index contributed by atoms with van der Waals surface area (Å²) < 4.78 is 0. The van der Waals surface area contributed by atoms with Gasteiger partial charge in [-0.3, -0.25) is 4.79 Å². The molecule has 2 N–H and O–H groups in total. The molecular formula is C24H39N3O3.